The first-order valence-electron chi connectivity index (χ1n) is 14.6. The second-order valence-corrected chi connectivity index (χ2v) is 12.1. The molecule has 0 N–H and O–H groups in total. The van der Waals surface area contributed by atoms with Crippen molar-refractivity contribution in [2.75, 3.05) is 26.8 Å². The minimum absolute atomic E-state index is 0.273. The Bertz CT molecular complexity index is 1460. The lowest BCUT2D eigenvalue weighted by Crippen LogP contribution is -2.48. The van der Waals surface area contributed by atoms with E-state index < -0.39 is 5.60 Å². The van der Waals surface area contributed by atoms with Gasteiger partial charge < -0.3 is 19.1 Å². The molecule has 1 fully saturated rings. The van der Waals surface area contributed by atoms with Gasteiger partial charge in [-0.05, 0) is 76.4 Å². The number of amides is 1. The number of likely N-dealkylation sites (tertiary alicyclic amines) is 1. The highest BCUT2D eigenvalue weighted by Crippen LogP contribution is 2.39. The fraction of sp³-hybridized carbons (Fsp3) is 0.371. The van der Waals surface area contributed by atoms with Crippen molar-refractivity contribution in [3.63, 3.8) is 0 Å². The van der Waals surface area contributed by atoms with Crippen LogP contribution in [0.25, 0.3) is 16.9 Å². The summed E-state index contributed by atoms with van der Waals surface area (Å²) >= 11 is 0. The third kappa shape index (κ3) is 6.85. The molecule has 4 aromatic rings. The van der Waals surface area contributed by atoms with Crippen LogP contribution in [0, 0.1) is 6.92 Å². The number of methoxy groups -OCH3 is 1. The lowest BCUT2D eigenvalue weighted by atomic mass is 9.76. The van der Waals surface area contributed by atoms with Crippen molar-refractivity contribution in [3.8, 4) is 22.7 Å². The van der Waals surface area contributed by atoms with Crippen LogP contribution in [0.2, 0.25) is 0 Å². The van der Waals surface area contributed by atoms with Gasteiger partial charge in [-0.1, -0.05) is 60.2 Å². The molecule has 1 aliphatic heterocycles. The molecule has 2 heterocycles. The van der Waals surface area contributed by atoms with Crippen LogP contribution in [0.1, 0.15) is 50.4 Å². The van der Waals surface area contributed by atoms with Gasteiger partial charge in [-0.25, -0.2) is 9.48 Å². The number of rotatable bonds is 8. The SMILES string of the molecule is COc1ccc(-n2nc(C3(COCc4ccccc4)CCN(C(=O)OC(C)(C)C)CC3)cc2-c2ccc(C)cc2)cc1. The van der Waals surface area contributed by atoms with E-state index in [1.165, 1.54) is 5.56 Å². The number of carbonyl (C=O) groups excluding carboxylic acids is 1. The first-order valence-corrected chi connectivity index (χ1v) is 14.6. The summed E-state index contributed by atoms with van der Waals surface area (Å²) in [5.74, 6) is 0.795. The number of piperidine rings is 1. The zero-order valence-electron chi connectivity index (χ0n) is 25.3. The molecule has 1 aromatic heterocycles. The maximum atomic E-state index is 12.9. The fourth-order valence-electron chi connectivity index (χ4n) is 5.35. The molecule has 0 unspecified atom stereocenters. The predicted octanol–water partition coefficient (Wildman–Crippen LogP) is 7.34. The van der Waals surface area contributed by atoms with Crippen molar-refractivity contribution in [2.45, 2.75) is 58.2 Å². The van der Waals surface area contributed by atoms with E-state index in [0.29, 0.717) is 39.1 Å². The van der Waals surface area contributed by atoms with Crippen LogP contribution < -0.4 is 4.74 Å². The van der Waals surface area contributed by atoms with E-state index in [-0.39, 0.29) is 11.5 Å². The molecule has 1 amide bonds. The lowest BCUT2D eigenvalue weighted by molar-refractivity contribution is 0.00254. The summed E-state index contributed by atoms with van der Waals surface area (Å²) in [7, 11) is 1.67. The van der Waals surface area contributed by atoms with Crippen LogP contribution in [0.3, 0.4) is 0 Å². The minimum atomic E-state index is -0.537. The van der Waals surface area contributed by atoms with Crippen LogP contribution in [-0.4, -0.2) is 53.2 Å². The molecule has 42 heavy (non-hydrogen) atoms. The van der Waals surface area contributed by atoms with Gasteiger partial charge in [0, 0.05) is 24.1 Å². The fourth-order valence-corrected chi connectivity index (χ4v) is 5.35. The Hall–Kier alpha value is -4.10. The van der Waals surface area contributed by atoms with Crippen molar-refractivity contribution in [3.05, 3.63) is 102 Å². The molecule has 0 bridgehead atoms. The van der Waals surface area contributed by atoms with E-state index in [4.69, 9.17) is 19.3 Å². The molecule has 3 aromatic carbocycles. The molecule has 7 heteroatoms. The van der Waals surface area contributed by atoms with Crippen LogP contribution in [0.5, 0.6) is 5.75 Å². The highest BCUT2D eigenvalue weighted by atomic mass is 16.6. The number of ether oxygens (including phenoxy) is 3. The van der Waals surface area contributed by atoms with Gasteiger partial charge in [-0.3, -0.25) is 0 Å². The summed E-state index contributed by atoms with van der Waals surface area (Å²) < 4.78 is 19.5. The monoisotopic (exact) mass is 567 g/mol. The van der Waals surface area contributed by atoms with Crippen LogP contribution in [-0.2, 0) is 21.5 Å². The summed E-state index contributed by atoms with van der Waals surface area (Å²) in [5, 5.41) is 5.25. The van der Waals surface area contributed by atoms with Crippen molar-refractivity contribution >= 4 is 6.09 Å². The third-order valence-electron chi connectivity index (χ3n) is 7.78. The Kier molecular flexibility index (Phi) is 8.69. The van der Waals surface area contributed by atoms with Gasteiger partial charge in [0.05, 0.1) is 37.4 Å². The van der Waals surface area contributed by atoms with E-state index in [1.807, 2.05) is 72.8 Å². The Morgan fingerprint density at radius 2 is 1.60 bits per heavy atom. The molecule has 0 aliphatic carbocycles. The van der Waals surface area contributed by atoms with E-state index in [9.17, 15) is 4.79 Å². The first kappa shape index (κ1) is 29.4. The molecule has 5 rings (SSSR count). The molecule has 0 atom stereocenters. The molecule has 1 saturated heterocycles. The van der Waals surface area contributed by atoms with Gasteiger partial charge in [-0.15, -0.1) is 0 Å². The summed E-state index contributed by atoms with van der Waals surface area (Å²) in [6.07, 6.45) is 1.16. The van der Waals surface area contributed by atoms with Crippen molar-refractivity contribution in [2.24, 2.45) is 0 Å². The highest BCUT2D eigenvalue weighted by Gasteiger charge is 2.41. The van der Waals surface area contributed by atoms with Crippen molar-refractivity contribution < 1.29 is 19.0 Å². The summed E-state index contributed by atoms with van der Waals surface area (Å²) in [4.78, 5) is 14.7. The topological polar surface area (TPSA) is 65.8 Å². The zero-order chi connectivity index (χ0) is 29.7. The molecule has 7 nitrogen and oxygen atoms in total. The number of hydrogen-bond acceptors (Lipinski definition) is 5. The zero-order valence-corrected chi connectivity index (χ0v) is 25.3. The quantitative estimate of drug-likeness (QED) is 0.223. The van der Waals surface area contributed by atoms with Crippen LogP contribution in [0.15, 0.2) is 84.9 Å². The van der Waals surface area contributed by atoms with E-state index in [2.05, 4.69) is 49.4 Å². The van der Waals surface area contributed by atoms with Crippen molar-refractivity contribution in [1.29, 1.82) is 0 Å². The molecule has 1 aliphatic rings. The highest BCUT2D eigenvalue weighted by molar-refractivity contribution is 5.68. The minimum Gasteiger partial charge on any atom is -0.497 e. The lowest BCUT2D eigenvalue weighted by Gasteiger charge is -2.40. The molecule has 0 spiro atoms. The van der Waals surface area contributed by atoms with Crippen LogP contribution >= 0.6 is 0 Å². The summed E-state index contributed by atoms with van der Waals surface area (Å²) in [6.45, 7) is 9.93. The Morgan fingerprint density at radius 3 is 2.21 bits per heavy atom. The van der Waals surface area contributed by atoms with Gasteiger partial charge in [0.25, 0.3) is 0 Å². The maximum Gasteiger partial charge on any atom is 0.410 e. The van der Waals surface area contributed by atoms with Gasteiger partial charge in [-0.2, -0.15) is 5.10 Å². The average Bonchev–Trinajstić information content (AvgIpc) is 3.44. The standard InChI is InChI=1S/C35H41N3O4/c1-26-11-13-28(14-12-26)31-23-32(36-38(31)29-15-17-30(40-5)18-16-29)35(25-41-24-27-9-7-6-8-10-27)19-21-37(22-20-35)33(39)42-34(2,3)4/h6-18,23H,19-22,24-25H2,1-5H3. The summed E-state index contributed by atoms with van der Waals surface area (Å²) in [5.41, 5.74) is 5.43. The molecular weight excluding hydrogens is 526 g/mol. The van der Waals surface area contributed by atoms with Gasteiger partial charge in [0.15, 0.2) is 0 Å². The smallest absolute Gasteiger partial charge is 0.410 e. The number of nitrogens with zero attached hydrogens (tertiary/aromatic N) is 3. The van der Waals surface area contributed by atoms with E-state index in [0.717, 1.165) is 34.0 Å². The van der Waals surface area contributed by atoms with Gasteiger partial charge >= 0.3 is 6.09 Å². The Balaban J connectivity index is 1.50. The average molecular weight is 568 g/mol. The van der Waals surface area contributed by atoms with E-state index >= 15 is 0 Å². The molecule has 0 radical (unpaired) electrons. The third-order valence-corrected chi connectivity index (χ3v) is 7.78. The number of benzene rings is 3. The number of aromatic nitrogens is 2. The second-order valence-electron chi connectivity index (χ2n) is 12.1. The Labute approximate surface area is 249 Å². The van der Waals surface area contributed by atoms with Gasteiger partial charge in [0.2, 0.25) is 0 Å². The number of aryl methyl sites for hydroxylation is 1. The predicted molar refractivity (Wildman–Crippen MR) is 165 cm³/mol. The van der Waals surface area contributed by atoms with Crippen molar-refractivity contribution in [1.82, 2.24) is 14.7 Å². The number of carbonyl (C=O) groups is 1. The Morgan fingerprint density at radius 1 is 0.929 bits per heavy atom. The normalized spacial score (nSPS) is 14.9. The first-order chi connectivity index (χ1) is 20.2. The molecule has 0 saturated carbocycles. The largest absolute Gasteiger partial charge is 0.497 e. The molecule has 220 valence electrons. The van der Waals surface area contributed by atoms with Crippen LogP contribution in [0.4, 0.5) is 4.79 Å². The van der Waals surface area contributed by atoms with E-state index in [1.54, 1.807) is 7.11 Å². The second kappa shape index (κ2) is 12.4. The number of hydrogen-bond donors (Lipinski definition) is 0. The molecular formula is C35H41N3O4. The maximum absolute atomic E-state index is 12.9. The summed E-state index contributed by atoms with van der Waals surface area (Å²) in [6, 6.07) is 28.9. The van der Waals surface area contributed by atoms with Gasteiger partial charge in [0.1, 0.15) is 11.4 Å².